The predicted molar refractivity (Wildman–Crippen MR) is 77.7 cm³/mol. The Balaban J connectivity index is 1.95. The van der Waals surface area contributed by atoms with Gasteiger partial charge in [0.15, 0.2) is 0 Å². The van der Waals surface area contributed by atoms with Crippen LogP contribution in [-0.2, 0) is 16.1 Å². The van der Waals surface area contributed by atoms with E-state index in [1.807, 2.05) is 42.5 Å². The summed E-state index contributed by atoms with van der Waals surface area (Å²) >= 11 is 0. The smallest absolute Gasteiger partial charge is 0.252 e. The van der Waals surface area contributed by atoms with Crippen LogP contribution >= 0.6 is 0 Å². The lowest BCUT2D eigenvalue weighted by Gasteiger charge is -2.13. The summed E-state index contributed by atoms with van der Waals surface area (Å²) < 4.78 is 1.73. The summed E-state index contributed by atoms with van der Waals surface area (Å²) in [5, 5.41) is 0. The molecule has 1 heterocycles. The van der Waals surface area contributed by atoms with Gasteiger partial charge in [-0.25, -0.2) is 0 Å². The third kappa shape index (κ3) is 3.68. The summed E-state index contributed by atoms with van der Waals surface area (Å²) in [6.07, 6.45) is 6.68. The second kappa shape index (κ2) is 6.52. The number of amides is 2. The third-order valence-corrected chi connectivity index (χ3v) is 2.91. The average molecular weight is 268 g/mol. The van der Waals surface area contributed by atoms with Gasteiger partial charge in [0.1, 0.15) is 6.54 Å². The number of carbonyl (C=O) groups excluding carboxylic acids is 2. The van der Waals surface area contributed by atoms with Gasteiger partial charge in [-0.2, -0.15) is 0 Å². The highest BCUT2D eigenvalue weighted by atomic mass is 16.2. The molecule has 102 valence electrons. The first-order chi connectivity index (χ1) is 9.66. The van der Waals surface area contributed by atoms with E-state index in [0.717, 1.165) is 10.5 Å². The second-order valence-corrected chi connectivity index (χ2v) is 4.39. The molecule has 0 saturated carbocycles. The van der Waals surface area contributed by atoms with Gasteiger partial charge in [0, 0.05) is 25.5 Å². The number of aromatic nitrogens is 1. The Kier molecular flexibility index (Phi) is 4.50. The second-order valence-electron chi connectivity index (χ2n) is 4.39. The molecule has 0 bridgehead atoms. The molecule has 4 heteroatoms. The fraction of sp³-hybridized carbons (Fsp3) is 0.125. The van der Waals surface area contributed by atoms with E-state index in [1.54, 1.807) is 23.0 Å². The normalized spacial score (nSPS) is 10.7. The zero-order valence-electron chi connectivity index (χ0n) is 11.3. The molecule has 0 saturated heterocycles. The van der Waals surface area contributed by atoms with Crippen molar-refractivity contribution in [3.63, 3.8) is 0 Å². The summed E-state index contributed by atoms with van der Waals surface area (Å²) in [4.78, 5) is 24.9. The van der Waals surface area contributed by atoms with Crippen LogP contribution in [0.5, 0.6) is 0 Å². The Morgan fingerprint density at radius 2 is 1.75 bits per heavy atom. The highest BCUT2D eigenvalue weighted by molar-refractivity contribution is 6.02. The number of nitrogens with zero attached hydrogens (tertiary/aromatic N) is 2. The maximum atomic E-state index is 11.9. The Morgan fingerprint density at radius 1 is 1.10 bits per heavy atom. The fourth-order valence-corrected chi connectivity index (χ4v) is 1.70. The van der Waals surface area contributed by atoms with E-state index in [-0.39, 0.29) is 18.4 Å². The molecule has 20 heavy (non-hydrogen) atoms. The van der Waals surface area contributed by atoms with Crippen LogP contribution in [0, 0.1) is 0 Å². The highest BCUT2D eigenvalue weighted by Crippen LogP contribution is 2.02. The molecule has 0 aliphatic heterocycles. The standard InChI is InChI=1S/C16H16N2O2/c1-17(16(20)13-18-11-5-6-12-18)15(19)10-9-14-7-3-2-4-8-14/h2-12H,13H2,1H3/b10-9+. The molecular weight excluding hydrogens is 252 g/mol. The van der Waals surface area contributed by atoms with Crippen molar-refractivity contribution in [1.29, 1.82) is 0 Å². The molecule has 0 atom stereocenters. The largest absolute Gasteiger partial charge is 0.345 e. The molecule has 1 aromatic carbocycles. The van der Waals surface area contributed by atoms with Crippen LogP contribution in [0.3, 0.4) is 0 Å². The van der Waals surface area contributed by atoms with Gasteiger partial charge >= 0.3 is 0 Å². The Labute approximate surface area is 117 Å². The van der Waals surface area contributed by atoms with Gasteiger partial charge < -0.3 is 4.57 Å². The number of rotatable bonds is 4. The van der Waals surface area contributed by atoms with Crippen LogP contribution < -0.4 is 0 Å². The molecule has 0 radical (unpaired) electrons. The minimum Gasteiger partial charge on any atom is -0.345 e. The van der Waals surface area contributed by atoms with Crippen LogP contribution in [0.4, 0.5) is 0 Å². The van der Waals surface area contributed by atoms with Crippen molar-refractivity contribution in [3.05, 3.63) is 66.5 Å². The third-order valence-electron chi connectivity index (χ3n) is 2.91. The molecule has 0 spiro atoms. The van der Waals surface area contributed by atoms with Gasteiger partial charge in [0.25, 0.3) is 5.91 Å². The number of carbonyl (C=O) groups is 2. The summed E-state index contributed by atoms with van der Waals surface area (Å²) in [6, 6.07) is 13.2. The van der Waals surface area contributed by atoms with Crippen molar-refractivity contribution in [2.45, 2.75) is 6.54 Å². The Bertz CT molecular complexity index is 601. The van der Waals surface area contributed by atoms with Crippen LogP contribution in [0.25, 0.3) is 6.08 Å². The van der Waals surface area contributed by atoms with Crippen LogP contribution in [0.2, 0.25) is 0 Å². The zero-order valence-corrected chi connectivity index (χ0v) is 11.3. The summed E-state index contributed by atoms with van der Waals surface area (Å²) in [6.45, 7) is 0.161. The molecule has 2 aromatic rings. The topological polar surface area (TPSA) is 42.3 Å². The number of hydrogen-bond acceptors (Lipinski definition) is 2. The lowest BCUT2D eigenvalue weighted by molar-refractivity contribution is -0.140. The minimum atomic E-state index is -0.328. The molecule has 2 rings (SSSR count). The molecular formula is C16H16N2O2. The lowest BCUT2D eigenvalue weighted by Crippen LogP contribution is -2.34. The lowest BCUT2D eigenvalue weighted by atomic mass is 10.2. The molecule has 4 nitrogen and oxygen atoms in total. The fourth-order valence-electron chi connectivity index (χ4n) is 1.70. The Hall–Kier alpha value is -2.62. The first kappa shape index (κ1) is 13.8. The first-order valence-corrected chi connectivity index (χ1v) is 6.31. The van der Waals surface area contributed by atoms with E-state index >= 15 is 0 Å². The number of benzene rings is 1. The molecule has 0 N–H and O–H groups in total. The van der Waals surface area contributed by atoms with E-state index in [1.165, 1.54) is 13.1 Å². The van der Waals surface area contributed by atoms with Crippen molar-refractivity contribution >= 4 is 17.9 Å². The first-order valence-electron chi connectivity index (χ1n) is 6.31. The maximum Gasteiger partial charge on any atom is 0.252 e. The van der Waals surface area contributed by atoms with Gasteiger partial charge in [0.05, 0.1) is 0 Å². The summed E-state index contributed by atoms with van der Waals surface area (Å²) in [5.41, 5.74) is 0.923. The number of likely N-dealkylation sites (N-methyl/N-ethyl adjacent to an activating group) is 1. The summed E-state index contributed by atoms with van der Waals surface area (Å²) in [5.74, 6) is -0.574. The van der Waals surface area contributed by atoms with Crippen LogP contribution in [0.15, 0.2) is 60.9 Å². The molecule has 0 fully saturated rings. The van der Waals surface area contributed by atoms with Gasteiger partial charge in [0.2, 0.25) is 5.91 Å². The summed E-state index contributed by atoms with van der Waals surface area (Å²) in [7, 11) is 1.49. The van der Waals surface area contributed by atoms with Crippen molar-refractivity contribution in [2.24, 2.45) is 0 Å². The Morgan fingerprint density at radius 3 is 2.40 bits per heavy atom. The van der Waals surface area contributed by atoms with E-state index in [4.69, 9.17) is 0 Å². The van der Waals surface area contributed by atoms with Crippen LogP contribution in [0.1, 0.15) is 5.56 Å². The van der Waals surface area contributed by atoms with Crippen molar-refractivity contribution in [3.8, 4) is 0 Å². The van der Waals surface area contributed by atoms with Gasteiger partial charge in [-0.1, -0.05) is 30.3 Å². The van der Waals surface area contributed by atoms with E-state index < -0.39 is 0 Å². The maximum absolute atomic E-state index is 11.9. The van der Waals surface area contributed by atoms with E-state index in [9.17, 15) is 9.59 Å². The van der Waals surface area contributed by atoms with Gasteiger partial charge in [-0.15, -0.1) is 0 Å². The van der Waals surface area contributed by atoms with E-state index in [0.29, 0.717) is 0 Å². The molecule has 0 aliphatic carbocycles. The molecule has 0 unspecified atom stereocenters. The van der Waals surface area contributed by atoms with Crippen molar-refractivity contribution in [2.75, 3.05) is 7.05 Å². The molecule has 1 aromatic heterocycles. The van der Waals surface area contributed by atoms with Crippen LogP contribution in [-0.4, -0.2) is 28.3 Å². The number of imide groups is 1. The highest BCUT2D eigenvalue weighted by Gasteiger charge is 2.14. The SMILES string of the molecule is CN(C(=O)/C=C/c1ccccc1)C(=O)Cn1cccc1. The van der Waals surface area contributed by atoms with Gasteiger partial charge in [-0.3, -0.25) is 14.5 Å². The predicted octanol–water partition coefficient (Wildman–Crippen LogP) is 2.19. The number of hydrogen-bond donors (Lipinski definition) is 0. The average Bonchev–Trinajstić information content (AvgIpc) is 2.98. The van der Waals surface area contributed by atoms with Gasteiger partial charge in [-0.05, 0) is 23.8 Å². The molecule has 2 amide bonds. The van der Waals surface area contributed by atoms with Crippen molar-refractivity contribution < 1.29 is 9.59 Å². The van der Waals surface area contributed by atoms with E-state index in [2.05, 4.69) is 0 Å². The quantitative estimate of drug-likeness (QED) is 0.798. The molecule has 0 aliphatic rings. The zero-order chi connectivity index (χ0) is 14.4. The minimum absolute atomic E-state index is 0.161. The monoisotopic (exact) mass is 268 g/mol. The van der Waals surface area contributed by atoms with Crippen molar-refractivity contribution in [1.82, 2.24) is 9.47 Å².